The molecular formula is C31H42ClN3O5. The van der Waals surface area contributed by atoms with Crippen LogP contribution < -0.4 is 15.8 Å². The number of nitrogens with two attached hydrogens (primary N) is 1. The van der Waals surface area contributed by atoms with Crippen molar-refractivity contribution in [2.24, 2.45) is 17.6 Å². The number of alkyl carbamates (subject to hydrolysis) is 1. The van der Waals surface area contributed by atoms with Gasteiger partial charge >= 0.3 is 6.09 Å². The monoisotopic (exact) mass is 571 g/mol. The number of amides is 2. The molecule has 2 amide bonds. The van der Waals surface area contributed by atoms with Crippen LogP contribution in [-0.4, -0.2) is 54.8 Å². The molecule has 1 aliphatic carbocycles. The zero-order valence-electron chi connectivity index (χ0n) is 23.5. The zero-order chi connectivity index (χ0) is 28.7. The molecule has 4 unspecified atom stereocenters. The molecule has 4 atom stereocenters. The Morgan fingerprint density at radius 1 is 1.20 bits per heavy atom. The average Bonchev–Trinajstić information content (AvgIpc) is 3.42. The van der Waals surface area contributed by atoms with Gasteiger partial charge in [-0.2, -0.15) is 0 Å². The third-order valence-corrected chi connectivity index (χ3v) is 8.68. The molecule has 0 bridgehead atoms. The van der Waals surface area contributed by atoms with Crippen molar-refractivity contribution >= 4 is 23.6 Å². The van der Waals surface area contributed by atoms with Gasteiger partial charge in [-0.05, 0) is 75.1 Å². The number of benzene rings is 2. The highest BCUT2D eigenvalue weighted by molar-refractivity contribution is 6.32. The van der Waals surface area contributed by atoms with Crippen molar-refractivity contribution in [3.8, 4) is 11.5 Å². The maximum absolute atomic E-state index is 13.4. The number of carbonyl (C=O) groups excluding carboxylic acids is 2. The summed E-state index contributed by atoms with van der Waals surface area (Å²) in [5, 5.41) is 15.7. The largest absolute Gasteiger partial charge is 0.455 e. The molecule has 1 heterocycles. The van der Waals surface area contributed by atoms with Crippen LogP contribution in [0.3, 0.4) is 0 Å². The van der Waals surface area contributed by atoms with Crippen molar-refractivity contribution < 1.29 is 24.2 Å². The van der Waals surface area contributed by atoms with Crippen LogP contribution in [0.2, 0.25) is 5.02 Å². The summed E-state index contributed by atoms with van der Waals surface area (Å²) in [7, 11) is 1.32. The molecule has 218 valence electrons. The fourth-order valence-electron chi connectivity index (χ4n) is 6.15. The molecule has 1 saturated heterocycles. The van der Waals surface area contributed by atoms with Crippen LogP contribution in [0.25, 0.3) is 0 Å². The first-order valence-corrected chi connectivity index (χ1v) is 14.8. The summed E-state index contributed by atoms with van der Waals surface area (Å²) in [5.74, 6) is 0.877. The molecule has 2 fully saturated rings. The average molecular weight is 572 g/mol. The Balaban J connectivity index is 1.64. The lowest BCUT2D eigenvalue weighted by molar-refractivity contribution is -0.141. The van der Waals surface area contributed by atoms with Crippen LogP contribution in [0, 0.1) is 11.8 Å². The Morgan fingerprint density at radius 2 is 2.00 bits per heavy atom. The standard InChI is InChI=1S/C31H42ClN3O5/c1-3-21-8-4-10-25(18-21)40-28-26(11-5-12-27(28)32)31(38,15-7-16-34-30(37)39-2)23-9-6-17-35(20-23)29(36)22-13-14-24(33)19-22/h4-5,8,10-12,18,22-24,38H,3,6-7,9,13-17,19-20,33H2,1-2H3,(H,34,37). The van der Waals surface area contributed by atoms with E-state index in [4.69, 9.17) is 26.8 Å². The number of nitrogens with zero attached hydrogens (tertiary/aromatic N) is 1. The number of aliphatic hydroxyl groups is 1. The van der Waals surface area contributed by atoms with Gasteiger partial charge in [-0.25, -0.2) is 4.79 Å². The van der Waals surface area contributed by atoms with Crippen LogP contribution in [0.1, 0.15) is 63.0 Å². The fraction of sp³-hybridized carbons (Fsp3) is 0.548. The van der Waals surface area contributed by atoms with E-state index in [1.807, 2.05) is 41.3 Å². The SMILES string of the molecule is CCc1cccc(Oc2c(Cl)cccc2C(O)(CCCNC(=O)OC)C2CCCN(C(=O)C3CCC(N)C3)C2)c1. The van der Waals surface area contributed by atoms with Crippen molar-refractivity contribution in [3.05, 3.63) is 58.6 Å². The predicted molar refractivity (Wildman–Crippen MR) is 156 cm³/mol. The predicted octanol–water partition coefficient (Wildman–Crippen LogP) is 5.38. The van der Waals surface area contributed by atoms with Crippen LogP contribution >= 0.6 is 11.6 Å². The van der Waals surface area contributed by atoms with E-state index in [2.05, 4.69) is 12.2 Å². The van der Waals surface area contributed by atoms with E-state index < -0.39 is 11.7 Å². The Bertz CT molecular complexity index is 1180. The normalized spacial score (nSPS) is 22.4. The second-order valence-electron chi connectivity index (χ2n) is 11.1. The van der Waals surface area contributed by atoms with Gasteiger partial charge in [0.15, 0.2) is 5.75 Å². The molecule has 1 saturated carbocycles. The van der Waals surface area contributed by atoms with Crippen LogP contribution in [-0.2, 0) is 21.6 Å². The molecule has 4 N–H and O–H groups in total. The Kier molecular flexibility index (Phi) is 10.3. The maximum atomic E-state index is 13.4. The van der Waals surface area contributed by atoms with Crippen molar-refractivity contribution in [2.45, 2.75) is 69.9 Å². The number of carbonyl (C=O) groups is 2. The highest BCUT2D eigenvalue weighted by atomic mass is 35.5. The molecule has 0 spiro atoms. The first-order valence-electron chi connectivity index (χ1n) is 14.4. The number of ether oxygens (including phenoxy) is 2. The Hall–Kier alpha value is -2.81. The summed E-state index contributed by atoms with van der Waals surface area (Å²) >= 11 is 6.71. The number of likely N-dealkylation sites (tertiary alicyclic amines) is 1. The number of rotatable bonds is 10. The third kappa shape index (κ3) is 7.09. The number of piperidine rings is 1. The molecule has 8 nitrogen and oxygen atoms in total. The summed E-state index contributed by atoms with van der Waals surface area (Å²) < 4.78 is 11.1. The van der Waals surface area contributed by atoms with E-state index in [-0.39, 0.29) is 23.8 Å². The van der Waals surface area contributed by atoms with E-state index in [0.29, 0.717) is 61.0 Å². The fourth-order valence-corrected chi connectivity index (χ4v) is 6.36. The molecule has 1 aliphatic heterocycles. The summed E-state index contributed by atoms with van der Waals surface area (Å²) in [6, 6.07) is 13.3. The molecule has 9 heteroatoms. The summed E-state index contributed by atoms with van der Waals surface area (Å²) in [4.78, 5) is 27.0. The second kappa shape index (κ2) is 13.7. The van der Waals surface area contributed by atoms with E-state index in [1.54, 1.807) is 6.07 Å². The number of nitrogens with one attached hydrogen (secondary N) is 1. The molecule has 2 aromatic rings. The molecule has 2 aromatic carbocycles. The lowest BCUT2D eigenvalue weighted by atomic mass is 9.73. The summed E-state index contributed by atoms with van der Waals surface area (Å²) in [5.41, 5.74) is 6.46. The van der Waals surface area contributed by atoms with E-state index in [9.17, 15) is 14.7 Å². The van der Waals surface area contributed by atoms with Crippen molar-refractivity contribution in [2.75, 3.05) is 26.7 Å². The number of para-hydroxylation sites is 1. The van der Waals surface area contributed by atoms with E-state index in [1.165, 1.54) is 7.11 Å². The van der Waals surface area contributed by atoms with E-state index in [0.717, 1.165) is 37.7 Å². The first kappa shape index (κ1) is 30.2. The topological polar surface area (TPSA) is 114 Å². The maximum Gasteiger partial charge on any atom is 0.406 e. The highest BCUT2D eigenvalue weighted by Gasteiger charge is 2.44. The minimum Gasteiger partial charge on any atom is -0.455 e. The summed E-state index contributed by atoms with van der Waals surface area (Å²) in [6.45, 7) is 3.52. The quantitative estimate of drug-likeness (QED) is 0.330. The van der Waals surface area contributed by atoms with Crippen LogP contribution in [0.5, 0.6) is 11.5 Å². The van der Waals surface area contributed by atoms with Gasteiger partial charge in [0.05, 0.1) is 17.7 Å². The molecule has 0 aromatic heterocycles. The Morgan fingerprint density at radius 3 is 2.73 bits per heavy atom. The highest BCUT2D eigenvalue weighted by Crippen LogP contribution is 2.47. The van der Waals surface area contributed by atoms with Gasteiger partial charge in [0, 0.05) is 43.1 Å². The molecular weight excluding hydrogens is 530 g/mol. The van der Waals surface area contributed by atoms with Gasteiger partial charge in [0.1, 0.15) is 5.75 Å². The summed E-state index contributed by atoms with van der Waals surface area (Å²) in [6.07, 6.45) is 5.10. The number of halogens is 1. The van der Waals surface area contributed by atoms with Gasteiger partial charge in [-0.1, -0.05) is 42.8 Å². The Labute approximate surface area is 242 Å². The zero-order valence-corrected chi connectivity index (χ0v) is 24.3. The number of methoxy groups -OCH3 is 1. The van der Waals surface area contributed by atoms with Crippen molar-refractivity contribution in [1.82, 2.24) is 10.2 Å². The first-order chi connectivity index (χ1) is 19.2. The van der Waals surface area contributed by atoms with Crippen LogP contribution in [0.15, 0.2) is 42.5 Å². The van der Waals surface area contributed by atoms with Gasteiger partial charge in [-0.3, -0.25) is 4.79 Å². The van der Waals surface area contributed by atoms with Gasteiger partial charge in [-0.15, -0.1) is 0 Å². The number of hydrogen-bond acceptors (Lipinski definition) is 6. The smallest absolute Gasteiger partial charge is 0.406 e. The lowest BCUT2D eigenvalue weighted by Crippen LogP contribution is -2.49. The number of hydrogen-bond donors (Lipinski definition) is 3. The van der Waals surface area contributed by atoms with E-state index >= 15 is 0 Å². The molecule has 40 heavy (non-hydrogen) atoms. The minimum atomic E-state index is -1.36. The number of aryl methyl sites for hydroxylation is 1. The van der Waals surface area contributed by atoms with Crippen molar-refractivity contribution in [3.63, 3.8) is 0 Å². The van der Waals surface area contributed by atoms with Gasteiger partial charge in [0.25, 0.3) is 0 Å². The minimum absolute atomic E-state index is 0.0537. The van der Waals surface area contributed by atoms with Crippen molar-refractivity contribution in [1.29, 1.82) is 0 Å². The van der Waals surface area contributed by atoms with Gasteiger partial charge < -0.3 is 30.5 Å². The molecule has 4 rings (SSSR count). The third-order valence-electron chi connectivity index (χ3n) is 8.38. The molecule has 2 aliphatic rings. The van der Waals surface area contributed by atoms with Crippen LogP contribution in [0.4, 0.5) is 4.79 Å². The molecule has 0 radical (unpaired) electrons. The second-order valence-corrected chi connectivity index (χ2v) is 11.5. The lowest BCUT2D eigenvalue weighted by Gasteiger charge is -2.44. The van der Waals surface area contributed by atoms with Gasteiger partial charge in [0.2, 0.25) is 5.91 Å².